The van der Waals surface area contributed by atoms with Crippen molar-refractivity contribution in [2.75, 3.05) is 13.1 Å². The Bertz CT molecular complexity index is 397. The van der Waals surface area contributed by atoms with Crippen molar-refractivity contribution < 1.29 is 4.74 Å². The maximum Gasteiger partial charge on any atom is 0.123 e. The Hall–Kier alpha value is -0.730. The first kappa shape index (κ1) is 12.7. The van der Waals surface area contributed by atoms with Crippen molar-refractivity contribution in [3.05, 3.63) is 28.3 Å². The maximum atomic E-state index is 6.25. The van der Waals surface area contributed by atoms with Gasteiger partial charge in [-0.05, 0) is 49.1 Å². The van der Waals surface area contributed by atoms with Crippen LogP contribution in [0.2, 0.25) is 5.02 Å². The topological polar surface area (TPSA) is 21.3 Å². The van der Waals surface area contributed by atoms with E-state index in [0.717, 1.165) is 35.8 Å². The second kappa shape index (κ2) is 5.28. The highest BCUT2D eigenvalue weighted by Crippen LogP contribution is 2.32. The fourth-order valence-corrected chi connectivity index (χ4v) is 2.58. The minimum absolute atomic E-state index is 0.301. The predicted octanol–water partition coefficient (Wildman–Crippen LogP) is 3.51. The van der Waals surface area contributed by atoms with E-state index in [0.29, 0.717) is 12.0 Å². The molecule has 0 spiro atoms. The molecule has 2 nitrogen and oxygen atoms in total. The normalized spacial score (nSPS) is 19.9. The van der Waals surface area contributed by atoms with Crippen LogP contribution in [0.25, 0.3) is 0 Å². The number of rotatable bonds is 3. The molecule has 0 amide bonds. The van der Waals surface area contributed by atoms with Crippen LogP contribution in [0.4, 0.5) is 0 Å². The Morgan fingerprint density at radius 1 is 1.41 bits per heavy atom. The largest absolute Gasteiger partial charge is 0.489 e. The van der Waals surface area contributed by atoms with E-state index >= 15 is 0 Å². The van der Waals surface area contributed by atoms with Gasteiger partial charge in [-0.3, -0.25) is 0 Å². The monoisotopic (exact) mass is 253 g/mol. The highest BCUT2D eigenvalue weighted by atomic mass is 35.5. The predicted molar refractivity (Wildman–Crippen MR) is 72.2 cm³/mol. The average Bonchev–Trinajstić information content (AvgIpc) is 2.74. The van der Waals surface area contributed by atoms with Crippen molar-refractivity contribution in [3.8, 4) is 5.75 Å². The Labute approximate surface area is 108 Å². The summed E-state index contributed by atoms with van der Waals surface area (Å²) in [6, 6.07) is 4.11. The Morgan fingerprint density at radius 2 is 2.18 bits per heavy atom. The number of halogens is 1. The summed E-state index contributed by atoms with van der Waals surface area (Å²) in [7, 11) is 0. The third-order valence-corrected chi connectivity index (χ3v) is 3.55. The molecule has 0 saturated carbocycles. The van der Waals surface area contributed by atoms with Gasteiger partial charge in [-0.1, -0.05) is 25.4 Å². The maximum absolute atomic E-state index is 6.25. The summed E-state index contributed by atoms with van der Waals surface area (Å²) in [5.41, 5.74) is 2.28. The minimum atomic E-state index is 0.301. The SMILES string of the molecule is Cc1cc(Cl)c(C(C)C)cc1O[C@H]1CCNC1. The van der Waals surface area contributed by atoms with Crippen LogP contribution in [-0.2, 0) is 0 Å². The second-order valence-electron chi connectivity index (χ2n) is 5.03. The average molecular weight is 254 g/mol. The van der Waals surface area contributed by atoms with Crippen molar-refractivity contribution in [3.63, 3.8) is 0 Å². The van der Waals surface area contributed by atoms with Crippen LogP contribution in [0.15, 0.2) is 12.1 Å². The van der Waals surface area contributed by atoms with Gasteiger partial charge in [-0.15, -0.1) is 0 Å². The summed E-state index contributed by atoms with van der Waals surface area (Å²) < 4.78 is 6.03. The van der Waals surface area contributed by atoms with Crippen LogP contribution in [0, 0.1) is 6.92 Å². The Morgan fingerprint density at radius 3 is 2.76 bits per heavy atom. The molecule has 0 unspecified atom stereocenters. The summed E-state index contributed by atoms with van der Waals surface area (Å²) in [5, 5.41) is 4.15. The fraction of sp³-hybridized carbons (Fsp3) is 0.571. The van der Waals surface area contributed by atoms with E-state index in [2.05, 4.69) is 25.2 Å². The van der Waals surface area contributed by atoms with E-state index in [1.807, 2.05) is 13.0 Å². The minimum Gasteiger partial charge on any atom is -0.489 e. The summed E-state index contributed by atoms with van der Waals surface area (Å²) in [5.74, 6) is 1.40. The molecule has 1 saturated heterocycles. The molecule has 17 heavy (non-hydrogen) atoms. The van der Waals surface area contributed by atoms with E-state index < -0.39 is 0 Å². The number of benzene rings is 1. The summed E-state index contributed by atoms with van der Waals surface area (Å²) in [6.07, 6.45) is 1.38. The molecule has 1 fully saturated rings. The van der Waals surface area contributed by atoms with Crippen LogP contribution in [0.3, 0.4) is 0 Å². The zero-order valence-corrected chi connectivity index (χ0v) is 11.5. The summed E-state index contributed by atoms with van der Waals surface area (Å²) in [6.45, 7) is 8.34. The summed E-state index contributed by atoms with van der Waals surface area (Å²) >= 11 is 6.25. The lowest BCUT2D eigenvalue weighted by atomic mass is 10.0. The number of hydrogen-bond acceptors (Lipinski definition) is 2. The molecule has 94 valence electrons. The molecule has 1 atom stereocenters. The lowest BCUT2D eigenvalue weighted by Gasteiger charge is -2.18. The molecule has 1 aromatic carbocycles. The highest BCUT2D eigenvalue weighted by molar-refractivity contribution is 6.31. The highest BCUT2D eigenvalue weighted by Gasteiger charge is 2.18. The van der Waals surface area contributed by atoms with Crippen molar-refractivity contribution >= 4 is 11.6 Å². The van der Waals surface area contributed by atoms with Crippen LogP contribution in [0.5, 0.6) is 5.75 Å². The second-order valence-corrected chi connectivity index (χ2v) is 5.43. The van der Waals surface area contributed by atoms with Gasteiger partial charge < -0.3 is 10.1 Å². The first-order chi connectivity index (χ1) is 8.08. The molecule has 0 aromatic heterocycles. The molecular weight excluding hydrogens is 234 g/mol. The van der Waals surface area contributed by atoms with Gasteiger partial charge in [-0.2, -0.15) is 0 Å². The third-order valence-electron chi connectivity index (χ3n) is 3.23. The lowest BCUT2D eigenvalue weighted by Crippen LogP contribution is -2.20. The molecule has 1 aromatic rings. The Balaban J connectivity index is 2.23. The van der Waals surface area contributed by atoms with Gasteiger partial charge in [0.05, 0.1) is 0 Å². The van der Waals surface area contributed by atoms with Gasteiger partial charge in [0.1, 0.15) is 11.9 Å². The molecular formula is C14H20ClNO. The molecule has 1 aliphatic heterocycles. The number of ether oxygens (including phenoxy) is 1. The lowest BCUT2D eigenvalue weighted by molar-refractivity contribution is 0.221. The zero-order valence-electron chi connectivity index (χ0n) is 10.7. The third kappa shape index (κ3) is 2.93. The van der Waals surface area contributed by atoms with E-state index in [9.17, 15) is 0 Å². The van der Waals surface area contributed by atoms with Crippen LogP contribution in [-0.4, -0.2) is 19.2 Å². The first-order valence-electron chi connectivity index (χ1n) is 6.25. The van der Waals surface area contributed by atoms with E-state index in [4.69, 9.17) is 16.3 Å². The molecule has 0 bridgehead atoms. The summed E-state index contributed by atoms with van der Waals surface area (Å²) in [4.78, 5) is 0. The van der Waals surface area contributed by atoms with E-state index in [1.54, 1.807) is 0 Å². The number of hydrogen-bond donors (Lipinski definition) is 1. The number of nitrogens with one attached hydrogen (secondary N) is 1. The molecule has 1 heterocycles. The van der Waals surface area contributed by atoms with Gasteiger partial charge in [0, 0.05) is 11.6 Å². The quantitative estimate of drug-likeness (QED) is 0.890. The van der Waals surface area contributed by atoms with Crippen LogP contribution < -0.4 is 10.1 Å². The smallest absolute Gasteiger partial charge is 0.123 e. The van der Waals surface area contributed by atoms with Gasteiger partial charge in [0.25, 0.3) is 0 Å². The molecule has 1 N–H and O–H groups in total. The van der Waals surface area contributed by atoms with Crippen molar-refractivity contribution in [2.24, 2.45) is 0 Å². The van der Waals surface area contributed by atoms with Gasteiger partial charge >= 0.3 is 0 Å². The van der Waals surface area contributed by atoms with Crippen LogP contribution in [0.1, 0.15) is 37.3 Å². The molecule has 0 aliphatic carbocycles. The molecule has 1 aliphatic rings. The first-order valence-corrected chi connectivity index (χ1v) is 6.63. The zero-order chi connectivity index (χ0) is 12.4. The van der Waals surface area contributed by atoms with Crippen LogP contribution >= 0.6 is 11.6 Å². The van der Waals surface area contributed by atoms with E-state index in [-0.39, 0.29) is 0 Å². The van der Waals surface area contributed by atoms with Gasteiger partial charge in [0.2, 0.25) is 0 Å². The van der Waals surface area contributed by atoms with E-state index in [1.165, 1.54) is 5.56 Å². The Kier molecular flexibility index (Phi) is 3.95. The van der Waals surface area contributed by atoms with Crippen molar-refractivity contribution in [1.82, 2.24) is 5.32 Å². The van der Waals surface area contributed by atoms with Gasteiger partial charge in [-0.25, -0.2) is 0 Å². The molecule has 2 rings (SSSR count). The number of aryl methyl sites for hydroxylation is 1. The fourth-order valence-electron chi connectivity index (χ4n) is 2.15. The van der Waals surface area contributed by atoms with Crippen molar-refractivity contribution in [1.29, 1.82) is 0 Å². The van der Waals surface area contributed by atoms with Gasteiger partial charge in [0.15, 0.2) is 0 Å². The molecule has 0 radical (unpaired) electrons. The van der Waals surface area contributed by atoms with Crippen molar-refractivity contribution in [2.45, 2.75) is 39.2 Å². The standard InChI is InChI=1S/C14H20ClNO/c1-9(2)12-7-14(10(3)6-13(12)15)17-11-4-5-16-8-11/h6-7,9,11,16H,4-5,8H2,1-3H3/t11-/m0/s1. The molecule has 3 heteroatoms.